The molecule has 0 unspecified atom stereocenters. The smallest absolute Gasteiger partial charge is 0.119 e. The molecule has 3 rings (SSSR count). The molecule has 0 radical (unpaired) electrons. The van der Waals surface area contributed by atoms with Gasteiger partial charge in [-0.25, -0.2) is 0 Å². The quantitative estimate of drug-likeness (QED) is 0.630. The molecular formula is C21H22ClNO. The zero-order valence-electron chi connectivity index (χ0n) is 14.0. The molecule has 0 atom stereocenters. The lowest BCUT2D eigenvalue weighted by Crippen LogP contribution is -2.11. The highest BCUT2D eigenvalue weighted by Crippen LogP contribution is 2.24. The normalized spacial score (nSPS) is 13.7. The molecule has 1 aliphatic heterocycles. The van der Waals surface area contributed by atoms with Crippen molar-refractivity contribution >= 4 is 23.4 Å². The first kappa shape index (κ1) is 16.8. The van der Waals surface area contributed by atoms with Crippen LogP contribution >= 0.6 is 11.6 Å². The number of hydrogen-bond donors (Lipinski definition) is 0. The van der Waals surface area contributed by atoms with Crippen LogP contribution in [0.3, 0.4) is 0 Å². The molecule has 0 fully saturated rings. The average molecular weight is 340 g/mol. The Hall–Kier alpha value is -2.06. The van der Waals surface area contributed by atoms with Crippen molar-refractivity contribution in [3.63, 3.8) is 0 Å². The zero-order valence-corrected chi connectivity index (χ0v) is 14.7. The maximum Gasteiger partial charge on any atom is 0.119 e. The van der Waals surface area contributed by atoms with E-state index in [9.17, 15) is 0 Å². The third-order valence-corrected chi connectivity index (χ3v) is 4.45. The van der Waals surface area contributed by atoms with Gasteiger partial charge < -0.3 is 4.74 Å². The minimum atomic E-state index is 0.755. The number of aliphatic imine (C=N–C) groups is 1. The fraction of sp³-hybridized carbons (Fsp3) is 0.286. The molecule has 1 aliphatic rings. The first-order valence-corrected chi connectivity index (χ1v) is 8.89. The Morgan fingerprint density at radius 3 is 2.88 bits per heavy atom. The number of nitrogens with zero attached hydrogens (tertiary/aromatic N) is 1. The molecule has 0 spiro atoms. The minimum absolute atomic E-state index is 0.755. The van der Waals surface area contributed by atoms with Gasteiger partial charge in [0.15, 0.2) is 0 Å². The van der Waals surface area contributed by atoms with E-state index < -0.39 is 0 Å². The number of rotatable bonds is 6. The van der Waals surface area contributed by atoms with Crippen molar-refractivity contribution < 1.29 is 4.74 Å². The third-order valence-electron chi connectivity index (χ3n) is 4.11. The van der Waals surface area contributed by atoms with Crippen LogP contribution in [0.2, 0.25) is 5.02 Å². The summed E-state index contributed by atoms with van der Waals surface area (Å²) in [6.07, 6.45) is 7.28. The molecule has 1 heterocycles. The Bertz CT molecular complexity index is 764. The Morgan fingerprint density at radius 2 is 2.04 bits per heavy atom. The number of fused-ring (bicyclic) bond motifs is 1. The molecule has 2 aromatic rings. The molecule has 0 N–H and O–H groups in total. The van der Waals surface area contributed by atoms with Crippen molar-refractivity contribution in [2.45, 2.75) is 26.2 Å². The fourth-order valence-electron chi connectivity index (χ4n) is 2.75. The standard InChI is InChI=1S/C21H22ClNO/c1-2-3-14-24-18-9-10-19-17(15-18)12-13-23-21(19)11-8-16-6-4-5-7-20(16)22/h4-11,15H,2-3,12-14H2,1H3/b11-8+. The number of halogens is 1. The second-order valence-electron chi connectivity index (χ2n) is 5.89. The molecule has 124 valence electrons. The average Bonchev–Trinajstić information content (AvgIpc) is 2.61. The summed E-state index contributed by atoms with van der Waals surface area (Å²) in [5, 5.41) is 0.755. The van der Waals surface area contributed by atoms with Crippen molar-refractivity contribution in [2.75, 3.05) is 13.2 Å². The first-order chi connectivity index (χ1) is 11.8. The van der Waals surface area contributed by atoms with E-state index in [2.05, 4.69) is 30.1 Å². The van der Waals surface area contributed by atoms with Crippen molar-refractivity contribution in [3.8, 4) is 5.75 Å². The van der Waals surface area contributed by atoms with E-state index in [-0.39, 0.29) is 0 Å². The summed E-state index contributed by atoms with van der Waals surface area (Å²) in [6, 6.07) is 14.1. The maximum absolute atomic E-state index is 6.22. The van der Waals surface area contributed by atoms with Crippen LogP contribution in [-0.2, 0) is 6.42 Å². The number of benzene rings is 2. The van der Waals surface area contributed by atoms with E-state index in [0.717, 1.165) is 54.5 Å². The van der Waals surface area contributed by atoms with Crippen LogP contribution in [0, 0.1) is 0 Å². The van der Waals surface area contributed by atoms with Gasteiger partial charge in [0.1, 0.15) is 5.75 Å². The van der Waals surface area contributed by atoms with Crippen LogP contribution in [0.5, 0.6) is 5.75 Å². The van der Waals surface area contributed by atoms with Gasteiger partial charge in [-0.05, 0) is 54.3 Å². The highest BCUT2D eigenvalue weighted by atomic mass is 35.5. The molecule has 2 nitrogen and oxygen atoms in total. The van der Waals surface area contributed by atoms with Gasteiger partial charge in [-0.1, -0.05) is 49.2 Å². The Labute approximate surface area is 148 Å². The lowest BCUT2D eigenvalue weighted by atomic mass is 9.96. The minimum Gasteiger partial charge on any atom is -0.494 e. The van der Waals surface area contributed by atoms with Crippen LogP contribution in [0.25, 0.3) is 6.08 Å². The van der Waals surface area contributed by atoms with Crippen molar-refractivity contribution in [1.82, 2.24) is 0 Å². The molecule has 0 saturated carbocycles. The van der Waals surface area contributed by atoms with Gasteiger partial charge in [0.25, 0.3) is 0 Å². The van der Waals surface area contributed by atoms with E-state index in [4.69, 9.17) is 16.3 Å². The summed E-state index contributed by atoms with van der Waals surface area (Å²) in [5.74, 6) is 0.957. The highest BCUT2D eigenvalue weighted by molar-refractivity contribution is 6.32. The molecule has 0 amide bonds. The van der Waals surface area contributed by atoms with Crippen LogP contribution in [-0.4, -0.2) is 18.9 Å². The van der Waals surface area contributed by atoms with Crippen molar-refractivity contribution in [1.29, 1.82) is 0 Å². The fourth-order valence-corrected chi connectivity index (χ4v) is 2.95. The number of ether oxygens (including phenoxy) is 1. The molecular weight excluding hydrogens is 318 g/mol. The summed E-state index contributed by atoms with van der Waals surface area (Å²) < 4.78 is 5.82. The van der Waals surface area contributed by atoms with E-state index in [1.54, 1.807) is 0 Å². The van der Waals surface area contributed by atoms with E-state index in [0.29, 0.717) is 0 Å². The van der Waals surface area contributed by atoms with Crippen molar-refractivity contribution in [2.24, 2.45) is 4.99 Å². The SMILES string of the molecule is CCCCOc1ccc2c(c1)CCN=C2/C=C/c1ccccc1Cl. The van der Waals surface area contributed by atoms with Crippen LogP contribution in [0.1, 0.15) is 36.5 Å². The number of hydrogen-bond acceptors (Lipinski definition) is 2. The Balaban J connectivity index is 1.78. The Morgan fingerprint density at radius 1 is 1.17 bits per heavy atom. The zero-order chi connectivity index (χ0) is 16.8. The summed E-state index contributed by atoms with van der Waals surface area (Å²) in [5.41, 5.74) is 4.51. The summed E-state index contributed by atoms with van der Waals surface area (Å²) in [6.45, 7) is 3.76. The van der Waals surface area contributed by atoms with E-state index >= 15 is 0 Å². The van der Waals surface area contributed by atoms with Gasteiger partial charge in [-0.15, -0.1) is 0 Å². The van der Waals surface area contributed by atoms with Gasteiger partial charge in [-0.3, -0.25) is 4.99 Å². The summed E-state index contributed by atoms with van der Waals surface area (Å²) >= 11 is 6.22. The van der Waals surface area contributed by atoms with Crippen LogP contribution in [0.4, 0.5) is 0 Å². The van der Waals surface area contributed by atoms with Gasteiger partial charge >= 0.3 is 0 Å². The van der Waals surface area contributed by atoms with Crippen LogP contribution < -0.4 is 4.74 Å². The topological polar surface area (TPSA) is 21.6 Å². The monoisotopic (exact) mass is 339 g/mol. The predicted molar refractivity (Wildman–Crippen MR) is 102 cm³/mol. The first-order valence-electron chi connectivity index (χ1n) is 8.51. The largest absolute Gasteiger partial charge is 0.494 e. The molecule has 3 heteroatoms. The summed E-state index contributed by atoms with van der Waals surface area (Å²) in [4.78, 5) is 4.67. The van der Waals surface area contributed by atoms with E-state index in [1.807, 2.05) is 36.4 Å². The Kier molecular flexibility index (Phi) is 5.71. The third kappa shape index (κ3) is 4.07. The second-order valence-corrected chi connectivity index (χ2v) is 6.30. The summed E-state index contributed by atoms with van der Waals surface area (Å²) in [7, 11) is 0. The molecule has 0 bridgehead atoms. The lowest BCUT2D eigenvalue weighted by Gasteiger charge is -2.16. The maximum atomic E-state index is 6.22. The van der Waals surface area contributed by atoms with Crippen molar-refractivity contribution in [3.05, 3.63) is 70.3 Å². The molecule has 0 aromatic heterocycles. The molecule has 0 saturated heterocycles. The molecule has 2 aromatic carbocycles. The number of unbranched alkanes of at least 4 members (excludes halogenated alkanes) is 1. The van der Waals surface area contributed by atoms with Gasteiger partial charge in [0.05, 0.1) is 12.3 Å². The second kappa shape index (κ2) is 8.16. The van der Waals surface area contributed by atoms with Crippen LogP contribution in [0.15, 0.2) is 53.5 Å². The van der Waals surface area contributed by atoms with Gasteiger partial charge in [-0.2, -0.15) is 0 Å². The lowest BCUT2D eigenvalue weighted by molar-refractivity contribution is 0.309. The van der Waals surface area contributed by atoms with Gasteiger partial charge in [0.2, 0.25) is 0 Å². The highest BCUT2D eigenvalue weighted by Gasteiger charge is 2.13. The predicted octanol–water partition coefficient (Wildman–Crippen LogP) is 5.58. The number of allylic oxidation sites excluding steroid dienone is 1. The molecule has 24 heavy (non-hydrogen) atoms. The molecule has 0 aliphatic carbocycles. The van der Waals surface area contributed by atoms with Gasteiger partial charge in [0, 0.05) is 17.1 Å². The van der Waals surface area contributed by atoms with E-state index in [1.165, 1.54) is 11.1 Å².